The van der Waals surface area contributed by atoms with E-state index in [1.807, 2.05) is 67.1 Å². The van der Waals surface area contributed by atoms with Crippen LogP contribution in [0.15, 0.2) is 60.8 Å². The number of piperidine rings is 1. The predicted octanol–water partition coefficient (Wildman–Crippen LogP) is 3.09. The van der Waals surface area contributed by atoms with Gasteiger partial charge in [0.15, 0.2) is 5.65 Å². The van der Waals surface area contributed by atoms with Gasteiger partial charge in [-0.3, -0.25) is 4.90 Å². The Hall–Kier alpha value is -3.03. The monoisotopic (exact) mass is 445 g/mol. The topological polar surface area (TPSA) is 65.7 Å². The Morgan fingerprint density at radius 2 is 1.84 bits per heavy atom. The Bertz CT molecular complexity index is 1250. The first kappa shape index (κ1) is 20.9. The van der Waals surface area contributed by atoms with Gasteiger partial charge < -0.3 is 10.4 Å². The van der Waals surface area contributed by atoms with E-state index in [0.717, 1.165) is 66.2 Å². The van der Waals surface area contributed by atoms with Gasteiger partial charge in [-0.05, 0) is 30.4 Å². The van der Waals surface area contributed by atoms with Crippen LogP contribution in [0, 0.1) is 0 Å². The van der Waals surface area contributed by atoms with Gasteiger partial charge in [0.2, 0.25) is 0 Å². The number of benzene rings is 2. The zero-order chi connectivity index (χ0) is 22.1. The Kier molecular flexibility index (Phi) is 5.76. The molecule has 4 aromatic rings. The van der Waals surface area contributed by atoms with Crippen molar-refractivity contribution < 1.29 is 5.11 Å². The van der Waals surface area contributed by atoms with Crippen molar-refractivity contribution in [2.24, 2.45) is 0 Å². The third-order valence-electron chi connectivity index (χ3n) is 6.12. The molecule has 3 heterocycles. The number of aromatic hydroxyl groups is 1. The van der Waals surface area contributed by atoms with Crippen LogP contribution in [0.2, 0.25) is 5.02 Å². The van der Waals surface area contributed by atoms with E-state index >= 15 is 0 Å². The number of hydrogen-bond donors (Lipinski definition) is 2. The molecule has 0 bridgehead atoms. The van der Waals surface area contributed by atoms with E-state index in [9.17, 15) is 5.11 Å². The summed E-state index contributed by atoms with van der Waals surface area (Å²) in [6.07, 6.45) is 3.87. The van der Waals surface area contributed by atoms with Gasteiger partial charge in [-0.1, -0.05) is 48.0 Å². The minimum Gasteiger partial charge on any atom is -0.508 e. The van der Waals surface area contributed by atoms with Gasteiger partial charge in [0.1, 0.15) is 19.4 Å². The van der Waals surface area contributed by atoms with E-state index in [0.29, 0.717) is 16.8 Å². The van der Waals surface area contributed by atoms with Crippen LogP contribution < -0.4 is 10.8 Å². The molecule has 2 aromatic heterocycles. The van der Waals surface area contributed by atoms with Crippen LogP contribution in [0.5, 0.6) is 5.75 Å². The molecular formula is C24H25BClN5O. The number of nitrogens with zero attached hydrogens (tertiary/aromatic N) is 4. The molecular weight excluding hydrogens is 421 g/mol. The average molecular weight is 446 g/mol. The van der Waals surface area contributed by atoms with Gasteiger partial charge in [0.05, 0.1) is 5.69 Å². The minimum atomic E-state index is 0.338. The van der Waals surface area contributed by atoms with E-state index in [1.54, 1.807) is 6.07 Å². The van der Waals surface area contributed by atoms with E-state index in [-0.39, 0.29) is 0 Å². The number of fused-ring (bicyclic) bond motifs is 1. The van der Waals surface area contributed by atoms with Gasteiger partial charge in [-0.25, -0.2) is 4.98 Å². The first-order valence-corrected chi connectivity index (χ1v) is 11.3. The largest absolute Gasteiger partial charge is 0.508 e. The number of para-hydroxylation sites is 1. The van der Waals surface area contributed by atoms with Gasteiger partial charge in [-0.2, -0.15) is 9.61 Å². The SMILES string of the molecule is Bc1cnn2c(NC3CCN(Cc4ccccc4O)CC3)cc(-c3ccccc3Cl)nc12. The molecule has 0 aliphatic carbocycles. The highest BCUT2D eigenvalue weighted by molar-refractivity contribution is 6.36. The van der Waals surface area contributed by atoms with E-state index < -0.39 is 0 Å². The highest BCUT2D eigenvalue weighted by Crippen LogP contribution is 2.29. The third kappa shape index (κ3) is 4.18. The summed E-state index contributed by atoms with van der Waals surface area (Å²) < 4.78 is 1.88. The average Bonchev–Trinajstić information content (AvgIpc) is 3.18. The van der Waals surface area contributed by atoms with Crippen molar-refractivity contribution in [2.45, 2.75) is 25.4 Å². The normalized spacial score (nSPS) is 15.3. The number of rotatable bonds is 5. The van der Waals surface area contributed by atoms with Crippen LogP contribution in [0.4, 0.5) is 5.82 Å². The van der Waals surface area contributed by atoms with Crippen molar-refractivity contribution in [1.82, 2.24) is 19.5 Å². The summed E-state index contributed by atoms with van der Waals surface area (Å²) in [5, 5.41) is 19.0. The summed E-state index contributed by atoms with van der Waals surface area (Å²) >= 11 is 6.46. The molecule has 5 rings (SSSR count). The molecule has 0 unspecified atom stereocenters. The maximum Gasteiger partial charge on any atom is 0.151 e. The molecule has 0 amide bonds. The molecule has 2 N–H and O–H groups in total. The lowest BCUT2D eigenvalue weighted by Gasteiger charge is -2.33. The second-order valence-corrected chi connectivity index (χ2v) is 8.80. The standard InChI is InChI=1S/C24H25BClN5O/c25-19-14-27-31-23(13-21(29-24(19)31)18-6-2-3-7-20(18)26)28-17-9-11-30(12-10-17)15-16-5-1-4-8-22(16)32/h1-8,13-14,17,28,32H,9-12,15,25H2. The fourth-order valence-corrected chi connectivity index (χ4v) is 4.54. The van der Waals surface area contributed by atoms with Gasteiger partial charge in [0.25, 0.3) is 0 Å². The Morgan fingerprint density at radius 1 is 1.09 bits per heavy atom. The van der Waals surface area contributed by atoms with Crippen LogP contribution in [0.1, 0.15) is 18.4 Å². The molecule has 0 saturated carbocycles. The maximum absolute atomic E-state index is 10.1. The summed E-state index contributed by atoms with van der Waals surface area (Å²) in [7, 11) is 2.02. The fourth-order valence-electron chi connectivity index (χ4n) is 4.31. The highest BCUT2D eigenvalue weighted by Gasteiger charge is 2.21. The fraction of sp³-hybridized carbons (Fsp3) is 0.250. The van der Waals surface area contributed by atoms with Crippen molar-refractivity contribution in [3.05, 3.63) is 71.4 Å². The molecule has 0 spiro atoms. The third-order valence-corrected chi connectivity index (χ3v) is 6.45. The van der Waals surface area contributed by atoms with Gasteiger partial charge in [0, 0.05) is 54.1 Å². The summed E-state index contributed by atoms with van der Waals surface area (Å²) in [4.78, 5) is 7.22. The Labute approximate surface area is 193 Å². The predicted molar refractivity (Wildman–Crippen MR) is 132 cm³/mol. The molecule has 32 heavy (non-hydrogen) atoms. The van der Waals surface area contributed by atoms with Gasteiger partial charge >= 0.3 is 0 Å². The lowest BCUT2D eigenvalue weighted by atomic mass is 10.0. The van der Waals surface area contributed by atoms with Crippen LogP contribution in [0.3, 0.4) is 0 Å². The maximum atomic E-state index is 10.1. The first-order valence-electron chi connectivity index (χ1n) is 10.9. The van der Waals surface area contributed by atoms with E-state index in [2.05, 4.69) is 15.3 Å². The second kappa shape index (κ2) is 8.84. The molecule has 8 heteroatoms. The zero-order valence-electron chi connectivity index (χ0n) is 18.0. The highest BCUT2D eigenvalue weighted by atomic mass is 35.5. The number of aromatic nitrogens is 3. The van der Waals surface area contributed by atoms with Crippen molar-refractivity contribution in [3.63, 3.8) is 0 Å². The number of likely N-dealkylation sites (tertiary alicyclic amines) is 1. The molecule has 0 atom stereocenters. The summed E-state index contributed by atoms with van der Waals surface area (Å²) in [6, 6.07) is 17.7. The number of phenolic OH excluding ortho intramolecular Hbond substituents is 1. The molecule has 1 fully saturated rings. The number of phenols is 1. The first-order chi connectivity index (χ1) is 15.6. The van der Waals surface area contributed by atoms with Crippen LogP contribution in [-0.4, -0.2) is 51.6 Å². The second-order valence-electron chi connectivity index (χ2n) is 8.39. The summed E-state index contributed by atoms with van der Waals surface area (Å²) in [6.45, 7) is 2.71. The Balaban J connectivity index is 1.34. The van der Waals surface area contributed by atoms with E-state index in [4.69, 9.17) is 16.6 Å². The Morgan fingerprint density at radius 3 is 2.62 bits per heavy atom. The lowest BCUT2D eigenvalue weighted by Crippen LogP contribution is -2.39. The molecule has 6 nitrogen and oxygen atoms in total. The molecule has 1 saturated heterocycles. The number of anilines is 1. The molecule has 0 radical (unpaired) electrons. The van der Waals surface area contributed by atoms with Crippen molar-refractivity contribution in [1.29, 1.82) is 0 Å². The van der Waals surface area contributed by atoms with Crippen molar-refractivity contribution in [3.8, 4) is 17.0 Å². The number of nitrogens with one attached hydrogen (secondary N) is 1. The van der Waals surface area contributed by atoms with Crippen LogP contribution in [0.25, 0.3) is 16.9 Å². The van der Waals surface area contributed by atoms with Crippen LogP contribution in [-0.2, 0) is 6.54 Å². The molecule has 1 aliphatic rings. The van der Waals surface area contributed by atoms with Crippen molar-refractivity contribution >= 4 is 36.4 Å². The molecule has 2 aromatic carbocycles. The summed E-state index contributed by atoms with van der Waals surface area (Å²) in [5.74, 6) is 1.30. The quantitative estimate of drug-likeness (QED) is 0.462. The number of halogens is 1. The zero-order valence-corrected chi connectivity index (χ0v) is 18.8. The number of hydrogen-bond acceptors (Lipinski definition) is 5. The van der Waals surface area contributed by atoms with Crippen LogP contribution >= 0.6 is 11.6 Å². The lowest BCUT2D eigenvalue weighted by molar-refractivity contribution is 0.209. The smallest absolute Gasteiger partial charge is 0.151 e. The van der Waals surface area contributed by atoms with Gasteiger partial charge in [-0.15, -0.1) is 0 Å². The van der Waals surface area contributed by atoms with E-state index in [1.165, 1.54) is 0 Å². The molecule has 162 valence electrons. The van der Waals surface area contributed by atoms with Crippen molar-refractivity contribution in [2.75, 3.05) is 18.4 Å². The molecule has 1 aliphatic heterocycles. The summed E-state index contributed by atoms with van der Waals surface area (Å²) in [5.41, 5.74) is 4.59. The minimum absolute atomic E-state index is 0.338.